The molecule has 0 unspecified atom stereocenters. The summed E-state index contributed by atoms with van der Waals surface area (Å²) in [7, 11) is 3.05. The van der Waals surface area contributed by atoms with Gasteiger partial charge in [-0.1, -0.05) is 12.1 Å². The van der Waals surface area contributed by atoms with Crippen molar-refractivity contribution in [2.45, 2.75) is 30.7 Å². The molecule has 134 valence electrons. The first-order valence-corrected chi connectivity index (χ1v) is 7.93. The van der Waals surface area contributed by atoms with Crippen LogP contribution in [0.3, 0.4) is 0 Å². The van der Waals surface area contributed by atoms with Gasteiger partial charge in [-0.3, -0.25) is 4.79 Å². The van der Waals surface area contributed by atoms with Gasteiger partial charge in [0.15, 0.2) is 22.9 Å². The van der Waals surface area contributed by atoms with Crippen LogP contribution in [0.2, 0.25) is 0 Å². The molecule has 0 radical (unpaired) electrons. The third-order valence-corrected chi connectivity index (χ3v) is 4.72. The maximum atomic E-state index is 12.5. The summed E-state index contributed by atoms with van der Waals surface area (Å²) < 4.78 is 15.4. The Balaban J connectivity index is 1.76. The van der Waals surface area contributed by atoms with Gasteiger partial charge in [0, 0.05) is 12.8 Å². The first-order valence-electron chi connectivity index (χ1n) is 7.93. The maximum absolute atomic E-state index is 12.5. The molecule has 2 aliphatic rings. The smallest absolute Gasteiger partial charge is 0.338 e. The minimum Gasteiger partial charge on any atom is -0.493 e. The summed E-state index contributed by atoms with van der Waals surface area (Å²) in [5.74, 6) is -0.890. The highest BCUT2D eigenvalue weighted by Crippen LogP contribution is 2.41. The second-order valence-corrected chi connectivity index (χ2v) is 6.33. The van der Waals surface area contributed by atoms with Crippen molar-refractivity contribution < 1.29 is 34.0 Å². The van der Waals surface area contributed by atoms with Crippen molar-refractivity contribution in [3.05, 3.63) is 29.8 Å². The van der Waals surface area contributed by atoms with Crippen LogP contribution in [-0.2, 0) is 14.3 Å². The van der Waals surface area contributed by atoms with Gasteiger partial charge in [0.05, 0.1) is 26.2 Å². The molecule has 1 aromatic rings. The Morgan fingerprint density at radius 1 is 1.28 bits per heavy atom. The van der Waals surface area contributed by atoms with Crippen molar-refractivity contribution in [3.8, 4) is 11.5 Å². The van der Waals surface area contributed by atoms with E-state index in [4.69, 9.17) is 14.2 Å². The summed E-state index contributed by atoms with van der Waals surface area (Å²) in [6.45, 7) is 0. The molecule has 25 heavy (non-hydrogen) atoms. The fourth-order valence-electron chi connectivity index (χ4n) is 3.41. The van der Waals surface area contributed by atoms with Crippen molar-refractivity contribution in [2.24, 2.45) is 5.92 Å². The van der Waals surface area contributed by atoms with Gasteiger partial charge in [0.2, 0.25) is 0 Å². The second kappa shape index (κ2) is 6.50. The fourth-order valence-corrected chi connectivity index (χ4v) is 3.41. The highest BCUT2D eigenvalue weighted by Gasteiger charge is 2.58. The lowest BCUT2D eigenvalue weighted by Gasteiger charge is -2.32. The molecule has 1 heterocycles. The van der Waals surface area contributed by atoms with E-state index in [1.54, 1.807) is 24.3 Å². The van der Waals surface area contributed by atoms with Crippen molar-refractivity contribution in [1.29, 1.82) is 0 Å². The number of rotatable bonds is 5. The van der Waals surface area contributed by atoms with Crippen molar-refractivity contribution in [2.75, 3.05) is 14.2 Å². The van der Waals surface area contributed by atoms with E-state index in [1.807, 2.05) is 0 Å². The van der Waals surface area contributed by atoms with Gasteiger partial charge in [0.25, 0.3) is 0 Å². The van der Waals surface area contributed by atoms with Crippen LogP contribution in [0.4, 0.5) is 0 Å². The predicted molar refractivity (Wildman–Crippen MR) is 87.1 cm³/mol. The number of aliphatic hydroxyl groups excluding tert-OH is 1. The lowest BCUT2D eigenvalue weighted by molar-refractivity contribution is -0.154. The van der Waals surface area contributed by atoms with Gasteiger partial charge in [-0.05, 0) is 23.8 Å². The highest BCUT2D eigenvalue weighted by molar-refractivity contribution is 5.97. The van der Waals surface area contributed by atoms with Gasteiger partial charge in [-0.25, -0.2) is 4.79 Å². The van der Waals surface area contributed by atoms with E-state index < -0.39 is 29.7 Å². The van der Waals surface area contributed by atoms with Gasteiger partial charge < -0.3 is 24.4 Å². The number of methoxy groups -OCH3 is 2. The Hall–Kier alpha value is -2.38. The van der Waals surface area contributed by atoms with E-state index in [0.29, 0.717) is 11.5 Å². The molecule has 1 saturated heterocycles. The average Bonchev–Trinajstić information content (AvgIpc) is 2.81. The number of aliphatic hydroxyl groups is 2. The van der Waals surface area contributed by atoms with Crippen LogP contribution in [0.1, 0.15) is 18.4 Å². The van der Waals surface area contributed by atoms with Gasteiger partial charge in [0.1, 0.15) is 6.10 Å². The zero-order valence-electron chi connectivity index (χ0n) is 14.0. The lowest BCUT2D eigenvalue weighted by atomic mass is 9.75. The first kappa shape index (κ1) is 17.4. The quantitative estimate of drug-likeness (QED) is 0.597. The van der Waals surface area contributed by atoms with E-state index >= 15 is 0 Å². The zero-order chi connectivity index (χ0) is 18.2. The Morgan fingerprint density at radius 3 is 2.68 bits per heavy atom. The number of allylic oxidation sites excluding steroid dienone is 1. The molecule has 4 atom stereocenters. The highest BCUT2D eigenvalue weighted by atomic mass is 16.6. The summed E-state index contributed by atoms with van der Waals surface area (Å²) in [5, 5.41) is 20.3. The number of hydrogen-bond acceptors (Lipinski definition) is 7. The van der Waals surface area contributed by atoms with E-state index in [9.17, 15) is 19.8 Å². The monoisotopic (exact) mass is 348 g/mol. The normalized spacial score (nSPS) is 31.0. The number of esters is 1. The van der Waals surface area contributed by atoms with E-state index in [0.717, 1.165) is 5.56 Å². The first-order chi connectivity index (χ1) is 11.9. The molecular formula is C18H20O7. The standard InChI is InChI=1S/C18H20O7/c1-23-13-6-4-10(7-14(13)24-2)3-5-11(19)16-12(20)8-18(22)9-15(16)25-17(18)21/h3-7,12,15-16,20,22H,8-9H2,1-2H3/b5-3+/t12-,15-,16-,18+/m1/s1. The number of fused-ring (bicyclic) bond motifs is 2. The number of benzene rings is 1. The number of carbonyl (C=O) groups is 2. The molecule has 7 heteroatoms. The van der Waals surface area contributed by atoms with Crippen LogP contribution in [0.15, 0.2) is 24.3 Å². The summed E-state index contributed by atoms with van der Waals surface area (Å²) in [5.41, 5.74) is -0.954. The molecular weight excluding hydrogens is 328 g/mol. The third-order valence-electron chi connectivity index (χ3n) is 4.72. The van der Waals surface area contributed by atoms with E-state index in [1.165, 1.54) is 20.3 Å². The van der Waals surface area contributed by atoms with Crippen molar-refractivity contribution >= 4 is 17.8 Å². The van der Waals surface area contributed by atoms with Crippen molar-refractivity contribution in [3.63, 3.8) is 0 Å². The molecule has 3 rings (SSSR count). The molecule has 0 spiro atoms. The summed E-state index contributed by atoms with van der Waals surface area (Å²) in [6.07, 6.45) is 0.841. The lowest BCUT2D eigenvalue weighted by Crippen LogP contribution is -2.48. The molecule has 0 amide bonds. The SMILES string of the molecule is COc1ccc(/C=C/C(=O)[C@@H]2[C@H](O)C[C@]3(O)C[C@H]2OC3=O)cc1OC. The predicted octanol–water partition coefficient (Wildman–Crippen LogP) is 0.713. The Bertz CT molecular complexity index is 726. The largest absolute Gasteiger partial charge is 0.493 e. The summed E-state index contributed by atoms with van der Waals surface area (Å²) >= 11 is 0. The zero-order valence-corrected chi connectivity index (χ0v) is 14.0. The molecule has 2 bridgehead atoms. The Kier molecular flexibility index (Phi) is 4.53. The van der Waals surface area contributed by atoms with Crippen LogP contribution in [0, 0.1) is 5.92 Å². The number of ether oxygens (including phenoxy) is 3. The molecule has 1 aromatic carbocycles. The minimum atomic E-state index is -1.67. The molecule has 2 N–H and O–H groups in total. The molecule has 7 nitrogen and oxygen atoms in total. The van der Waals surface area contributed by atoms with Gasteiger partial charge in [-0.15, -0.1) is 0 Å². The van der Waals surface area contributed by atoms with E-state index in [-0.39, 0.29) is 18.6 Å². The van der Waals surface area contributed by atoms with Gasteiger partial charge >= 0.3 is 5.97 Å². The van der Waals surface area contributed by atoms with E-state index in [2.05, 4.69) is 0 Å². The Labute approximate surface area is 144 Å². The minimum absolute atomic E-state index is 0.0312. The molecule has 1 aliphatic carbocycles. The van der Waals surface area contributed by atoms with Crippen LogP contribution in [-0.4, -0.2) is 54.0 Å². The molecule has 0 aromatic heterocycles. The average molecular weight is 348 g/mol. The Morgan fingerprint density at radius 2 is 2.00 bits per heavy atom. The number of ketones is 1. The van der Waals surface area contributed by atoms with Crippen LogP contribution < -0.4 is 9.47 Å². The second-order valence-electron chi connectivity index (χ2n) is 6.33. The maximum Gasteiger partial charge on any atom is 0.338 e. The fraction of sp³-hybridized carbons (Fsp3) is 0.444. The van der Waals surface area contributed by atoms with Crippen LogP contribution >= 0.6 is 0 Å². The summed E-state index contributed by atoms with van der Waals surface area (Å²) in [6, 6.07) is 5.20. The van der Waals surface area contributed by atoms with Gasteiger partial charge in [-0.2, -0.15) is 0 Å². The number of hydrogen-bond donors (Lipinski definition) is 2. The topological polar surface area (TPSA) is 102 Å². The molecule has 2 fully saturated rings. The third kappa shape index (κ3) is 3.12. The molecule has 1 aliphatic heterocycles. The molecule has 1 saturated carbocycles. The summed E-state index contributed by atoms with van der Waals surface area (Å²) in [4.78, 5) is 24.1. The van der Waals surface area contributed by atoms with Crippen LogP contribution in [0.5, 0.6) is 11.5 Å². The number of carbonyl (C=O) groups excluding carboxylic acids is 2. The van der Waals surface area contributed by atoms with Crippen LogP contribution in [0.25, 0.3) is 6.08 Å². The van der Waals surface area contributed by atoms with Crippen molar-refractivity contribution in [1.82, 2.24) is 0 Å².